The first-order valence-electron chi connectivity index (χ1n) is 5.14. The van der Waals surface area contributed by atoms with Gasteiger partial charge in [0.25, 0.3) is 0 Å². The number of rotatable bonds is 3. The van der Waals surface area contributed by atoms with Gasteiger partial charge in [-0.3, -0.25) is 10.1 Å². The fraction of sp³-hybridized carbons (Fsp3) is 0.667. The second-order valence-corrected chi connectivity index (χ2v) is 3.55. The lowest BCUT2D eigenvalue weighted by Crippen LogP contribution is -2.28. The van der Waals surface area contributed by atoms with Gasteiger partial charge in [0.05, 0.1) is 7.11 Å². The molecule has 2 heterocycles. The van der Waals surface area contributed by atoms with E-state index in [0.717, 1.165) is 12.8 Å². The molecule has 1 aliphatic rings. The highest BCUT2D eigenvalue weighted by molar-refractivity contribution is 5.90. The molecule has 0 aliphatic carbocycles. The van der Waals surface area contributed by atoms with Gasteiger partial charge in [0.2, 0.25) is 11.9 Å². The molecular weight excluding hydrogens is 212 g/mol. The number of H-pyrrole nitrogens is 1. The number of nitrogens with zero attached hydrogens (tertiary/aromatic N) is 2. The van der Waals surface area contributed by atoms with Crippen LogP contribution in [0.4, 0.5) is 5.95 Å². The van der Waals surface area contributed by atoms with Crippen molar-refractivity contribution in [2.24, 2.45) is 5.92 Å². The Morgan fingerprint density at radius 3 is 2.94 bits per heavy atom. The van der Waals surface area contributed by atoms with E-state index in [1.54, 1.807) is 0 Å². The zero-order chi connectivity index (χ0) is 11.4. The highest BCUT2D eigenvalue weighted by atomic mass is 16.5. The Kier molecular flexibility index (Phi) is 3.35. The molecule has 1 aromatic heterocycles. The molecule has 1 aliphatic heterocycles. The summed E-state index contributed by atoms with van der Waals surface area (Å²) in [4.78, 5) is 15.7. The van der Waals surface area contributed by atoms with Gasteiger partial charge >= 0.3 is 6.01 Å². The van der Waals surface area contributed by atoms with Crippen molar-refractivity contribution in [3.63, 3.8) is 0 Å². The predicted molar refractivity (Wildman–Crippen MR) is 55.1 cm³/mol. The van der Waals surface area contributed by atoms with E-state index in [2.05, 4.69) is 20.5 Å². The summed E-state index contributed by atoms with van der Waals surface area (Å²) in [5, 5.41) is 8.98. The lowest BCUT2D eigenvalue weighted by atomic mass is 10.00. The molecule has 2 rings (SSSR count). The van der Waals surface area contributed by atoms with Crippen molar-refractivity contribution in [2.45, 2.75) is 12.8 Å². The molecule has 0 saturated carbocycles. The number of nitrogens with one attached hydrogen (secondary N) is 2. The average molecular weight is 226 g/mol. The molecule has 1 fully saturated rings. The number of methoxy groups -OCH3 is 1. The topological polar surface area (TPSA) is 89.1 Å². The summed E-state index contributed by atoms with van der Waals surface area (Å²) in [7, 11) is 1.47. The van der Waals surface area contributed by atoms with E-state index in [1.165, 1.54) is 7.11 Å². The molecule has 7 nitrogen and oxygen atoms in total. The standard InChI is InChI=1S/C9H14N4O3/c1-15-9-11-8(12-13-9)10-7(14)6-2-4-16-5-3-6/h6H,2-5H2,1H3,(H2,10,11,12,13,14). The fourth-order valence-electron chi connectivity index (χ4n) is 1.57. The van der Waals surface area contributed by atoms with E-state index in [-0.39, 0.29) is 17.8 Å². The second-order valence-electron chi connectivity index (χ2n) is 3.55. The Hall–Kier alpha value is -1.63. The van der Waals surface area contributed by atoms with E-state index in [4.69, 9.17) is 9.47 Å². The van der Waals surface area contributed by atoms with Gasteiger partial charge in [0.15, 0.2) is 0 Å². The van der Waals surface area contributed by atoms with Crippen LogP contribution in [-0.2, 0) is 9.53 Å². The van der Waals surface area contributed by atoms with Crippen molar-refractivity contribution >= 4 is 11.9 Å². The van der Waals surface area contributed by atoms with Crippen LogP contribution in [0.15, 0.2) is 0 Å². The van der Waals surface area contributed by atoms with Gasteiger partial charge in [-0.25, -0.2) is 5.10 Å². The quantitative estimate of drug-likeness (QED) is 0.767. The molecule has 0 aromatic carbocycles. The third-order valence-corrected chi connectivity index (χ3v) is 2.48. The lowest BCUT2D eigenvalue weighted by Gasteiger charge is -2.20. The van der Waals surface area contributed by atoms with E-state index in [0.29, 0.717) is 19.2 Å². The van der Waals surface area contributed by atoms with Crippen LogP contribution in [0.5, 0.6) is 6.01 Å². The maximum atomic E-state index is 11.8. The van der Waals surface area contributed by atoms with Crippen LogP contribution in [0.25, 0.3) is 0 Å². The molecule has 1 saturated heterocycles. The summed E-state index contributed by atoms with van der Waals surface area (Å²) in [6, 6.07) is 0.210. The molecule has 1 aromatic rings. The van der Waals surface area contributed by atoms with Crippen molar-refractivity contribution in [3.8, 4) is 6.01 Å². The molecule has 1 amide bonds. The molecule has 2 N–H and O–H groups in total. The zero-order valence-electron chi connectivity index (χ0n) is 9.02. The van der Waals surface area contributed by atoms with Crippen LogP contribution >= 0.6 is 0 Å². The molecule has 0 radical (unpaired) electrons. The number of amides is 1. The minimum absolute atomic E-state index is 0.00940. The Labute approximate surface area is 92.5 Å². The summed E-state index contributed by atoms with van der Waals surface area (Å²) >= 11 is 0. The SMILES string of the molecule is COc1n[nH]c(NC(=O)C2CCOCC2)n1. The van der Waals surface area contributed by atoms with E-state index < -0.39 is 0 Å². The molecule has 16 heavy (non-hydrogen) atoms. The van der Waals surface area contributed by atoms with E-state index >= 15 is 0 Å². The lowest BCUT2D eigenvalue weighted by molar-refractivity contribution is -0.122. The molecule has 88 valence electrons. The van der Waals surface area contributed by atoms with Crippen molar-refractivity contribution < 1.29 is 14.3 Å². The molecule has 0 spiro atoms. The number of hydrogen-bond donors (Lipinski definition) is 2. The summed E-state index contributed by atoms with van der Waals surface area (Å²) in [6.45, 7) is 1.27. The minimum atomic E-state index is -0.0536. The van der Waals surface area contributed by atoms with Crippen LogP contribution in [0.3, 0.4) is 0 Å². The summed E-state index contributed by atoms with van der Waals surface area (Å²) in [5.41, 5.74) is 0. The highest BCUT2D eigenvalue weighted by Crippen LogP contribution is 2.16. The smallest absolute Gasteiger partial charge is 0.336 e. The third kappa shape index (κ3) is 2.48. The van der Waals surface area contributed by atoms with Gasteiger partial charge in [-0.1, -0.05) is 0 Å². The normalized spacial score (nSPS) is 17.1. The first kappa shape index (κ1) is 10.9. The number of carbonyl (C=O) groups is 1. The molecule has 0 unspecified atom stereocenters. The Balaban J connectivity index is 1.90. The number of anilines is 1. The largest absolute Gasteiger partial charge is 0.466 e. The number of aromatic nitrogens is 3. The molecule has 7 heteroatoms. The van der Waals surface area contributed by atoms with Crippen LogP contribution in [0.2, 0.25) is 0 Å². The van der Waals surface area contributed by atoms with Crippen LogP contribution < -0.4 is 10.1 Å². The Bertz CT molecular complexity index is 359. The van der Waals surface area contributed by atoms with Crippen LogP contribution in [-0.4, -0.2) is 41.4 Å². The molecule has 0 bridgehead atoms. The summed E-state index contributed by atoms with van der Waals surface area (Å²) < 4.78 is 9.98. The Morgan fingerprint density at radius 1 is 1.56 bits per heavy atom. The molecule has 0 atom stereocenters. The van der Waals surface area contributed by atoms with Gasteiger partial charge < -0.3 is 9.47 Å². The van der Waals surface area contributed by atoms with Crippen LogP contribution in [0, 0.1) is 5.92 Å². The van der Waals surface area contributed by atoms with Crippen molar-refractivity contribution in [1.29, 1.82) is 0 Å². The van der Waals surface area contributed by atoms with Gasteiger partial charge in [0, 0.05) is 19.1 Å². The number of hydrogen-bond acceptors (Lipinski definition) is 5. The maximum Gasteiger partial charge on any atom is 0.336 e. The third-order valence-electron chi connectivity index (χ3n) is 2.48. The summed E-state index contributed by atoms with van der Waals surface area (Å²) in [5.74, 6) is 0.250. The molecular formula is C9H14N4O3. The average Bonchev–Trinajstić information content (AvgIpc) is 2.78. The van der Waals surface area contributed by atoms with Crippen molar-refractivity contribution in [1.82, 2.24) is 15.2 Å². The van der Waals surface area contributed by atoms with E-state index in [9.17, 15) is 4.79 Å². The van der Waals surface area contributed by atoms with Gasteiger partial charge in [-0.15, -0.1) is 5.10 Å². The van der Waals surface area contributed by atoms with Crippen molar-refractivity contribution in [3.05, 3.63) is 0 Å². The van der Waals surface area contributed by atoms with E-state index in [1.807, 2.05) is 0 Å². The zero-order valence-corrected chi connectivity index (χ0v) is 9.02. The van der Waals surface area contributed by atoms with Gasteiger partial charge in [0.1, 0.15) is 0 Å². The monoisotopic (exact) mass is 226 g/mol. The van der Waals surface area contributed by atoms with Crippen molar-refractivity contribution in [2.75, 3.05) is 25.6 Å². The van der Waals surface area contributed by atoms with Gasteiger partial charge in [-0.05, 0) is 12.8 Å². The van der Waals surface area contributed by atoms with Gasteiger partial charge in [-0.2, -0.15) is 4.98 Å². The second kappa shape index (κ2) is 4.93. The first-order chi connectivity index (χ1) is 7.79. The maximum absolute atomic E-state index is 11.8. The summed E-state index contributed by atoms with van der Waals surface area (Å²) in [6.07, 6.45) is 1.49. The first-order valence-corrected chi connectivity index (χ1v) is 5.14. The minimum Gasteiger partial charge on any atom is -0.466 e. The fourth-order valence-corrected chi connectivity index (χ4v) is 1.57. The predicted octanol–water partition coefficient (Wildman–Crippen LogP) is 0.178. The number of ether oxygens (including phenoxy) is 2. The highest BCUT2D eigenvalue weighted by Gasteiger charge is 2.22. The number of carbonyl (C=O) groups excluding carboxylic acids is 1. The number of aromatic amines is 1. The van der Waals surface area contributed by atoms with Crippen LogP contribution in [0.1, 0.15) is 12.8 Å². The Morgan fingerprint density at radius 2 is 2.31 bits per heavy atom.